The topological polar surface area (TPSA) is 24.7 Å². The van der Waals surface area contributed by atoms with Gasteiger partial charge in [-0.1, -0.05) is 13.0 Å². The lowest BCUT2D eigenvalue weighted by Gasteiger charge is -1.89. The fraction of sp³-hybridized carbons (Fsp3) is 0.429. The van der Waals surface area contributed by atoms with Gasteiger partial charge in [0.1, 0.15) is 6.34 Å². The van der Waals surface area contributed by atoms with E-state index >= 15 is 0 Å². The first-order valence-corrected chi connectivity index (χ1v) is 2.98. The van der Waals surface area contributed by atoms with E-state index in [1.54, 1.807) is 0 Å². The zero-order valence-corrected chi connectivity index (χ0v) is 5.96. The Bertz CT molecular complexity index is 134. The lowest BCUT2D eigenvalue weighted by Crippen LogP contribution is -1.73. The molecule has 0 atom stereocenters. The minimum Gasteiger partial charge on any atom is -0.253 e. The summed E-state index contributed by atoms with van der Waals surface area (Å²) in [5.41, 5.74) is 1.04. The van der Waals surface area contributed by atoms with Crippen LogP contribution < -0.4 is 0 Å². The third-order valence-electron chi connectivity index (χ3n) is 1.00. The molecule has 0 aliphatic heterocycles. The average Bonchev–Trinajstić information content (AvgIpc) is 1.91. The highest BCUT2D eigenvalue weighted by atomic mass is 14.8. The second-order valence-electron chi connectivity index (χ2n) is 1.56. The van der Waals surface area contributed by atoms with Crippen LogP contribution >= 0.6 is 0 Å². The molecule has 0 aliphatic carbocycles. The second kappa shape index (κ2) is 5.22. The fourth-order valence-corrected chi connectivity index (χ4v) is 0.485. The van der Waals surface area contributed by atoms with Crippen LogP contribution in [-0.2, 0) is 0 Å². The smallest absolute Gasteiger partial charge is 0.114 e. The summed E-state index contributed by atoms with van der Waals surface area (Å²) < 4.78 is 0. The lowest BCUT2D eigenvalue weighted by atomic mass is 10.3. The van der Waals surface area contributed by atoms with Gasteiger partial charge >= 0.3 is 0 Å². The van der Waals surface area contributed by atoms with Crippen LogP contribution in [0, 0.1) is 0 Å². The molecule has 0 radical (unpaired) electrons. The van der Waals surface area contributed by atoms with E-state index in [0.29, 0.717) is 0 Å². The largest absolute Gasteiger partial charge is 0.253 e. The first-order valence-electron chi connectivity index (χ1n) is 2.98. The molecule has 0 aromatic rings. The Hall–Kier alpha value is -0.920. The van der Waals surface area contributed by atoms with E-state index < -0.39 is 0 Å². The molecule has 0 saturated heterocycles. The summed E-state index contributed by atoms with van der Waals surface area (Å²) in [5.74, 6) is 0. The normalized spacial score (nSPS) is 12.4. The maximum absolute atomic E-state index is 3.99. The van der Waals surface area contributed by atoms with Crippen LogP contribution in [0.1, 0.15) is 20.3 Å². The quantitative estimate of drug-likeness (QED) is 0.406. The van der Waals surface area contributed by atoms with Gasteiger partial charge in [0, 0.05) is 5.70 Å². The third kappa shape index (κ3) is 3.64. The Balaban J connectivity index is 3.84. The van der Waals surface area contributed by atoms with Gasteiger partial charge in [-0.25, -0.2) is 4.99 Å². The SMILES string of the molecule is C=NC=N/C(=C\C)CC. The van der Waals surface area contributed by atoms with E-state index in [-0.39, 0.29) is 0 Å². The molecule has 0 spiro atoms. The van der Waals surface area contributed by atoms with Crippen molar-refractivity contribution in [3.63, 3.8) is 0 Å². The van der Waals surface area contributed by atoms with Crippen LogP contribution in [-0.4, -0.2) is 13.1 Å². The van der Waals surface area contributed by atoms with Gasteiger partial charge in [-0.15, -0.1) is 0 Å². The first-order chi connectivity index (χ1) is 4.35. The number of aliphatic imine (C=N–C) groups is 2. The summed E-state index contributed by atoms with van der Waals surface area (Å²) in [6, 6.07) is 0. The highest BCUT2D eigenvalue weighted by Gasteiger charge is 1.81. The maximum atomic E-state index is 3.99. The van der Waals surface area contributed by atoms with E-state index in [2.05, 4.69) is 23.6 Å². The molecule has 0 bridgehead atoms. The summed E-state index contributed by atoms with van der Waals surface area (Å²) >= 11 is 0. The molecule has 0 aromatic carbocycles. The van der Waals surface area contributed by atoms with Gasteiger partial charge in [0.15, 0.2) is 0 Å². The van der Waals surface area contributed by atoms with Crippen molar-refractivity contribution in [1.82, 2.24) is 0 Å². The average molecular weight is 124 g/mol. The number of allylic oxidation sites excluding steroid dienone is 2. The Morgan fingerprint density at radius 2 is 2.33 bits per heavy atom. The molecule has 0 aromatic heterocycles. The Kier molecular flexibility index (Phi) is 4.69. The van der Waals surface area contributed by atoms with E-state index in [9.17, 15) is 0 Å². The van der Waals surface area contributed by atoms with Crippen LogP contribution in [0.4, 0.5) is 0 Å². The molecular formula is C7H12N2. The second-order valence-corrected chi connectivity index (χ2v) is 1.56. The molecule has 0 saturated carbocycles. The molecule has 2 nitrogen and oxygen atoms in total. The molecule has 0 amide bonds. The monoisotopic (exact) mass is 124 g/mol. The zero-order chi connectivity index (χ0) is 7.11. The lowest BCUT2D eigenvalue weighted by molar-refractivity contribution is 1.06. The standard InChI is InChI=1S/C7H12N2/c1-4-7(5-2)9-6-8-3/h4,6H,3,5H2,1-2H3/b7-4-,9-6?. The van der Waals surface area contributed by atoms with Gasteiger partial charge in [-0.05, 0) is 20.1 Å². The van der Waals surface area contributed by atoms with Crippen molar-refractivity contribution in [2.75, 3.05) is 0 Å². The maximum Gasteiger partial charge on any atom is 0.114 e. The van der Waals surface area contributed by atoms with Gasteiger partial charge in [0.2, 0.25) is 0 Å². The van der Waals surface area contributed by atoms with Gasteiger partial charge in [-0.3, -0.25) is 4.99 Å². The van der Waals surface area contributed by atoms with Crippen LogP contribution in [0.15, 0.2) is 21.8 Å². The van der Waals surface area contributed by atoms with E-state index in [1.807, 2.05) is 13.0 Å². The molecule has 0 fully saturated rings. The van der Waals surface area contributed by atoms with Crippen LogP contribution in [0.3, 0.4) is 0 Å². The van der Waals surface area contributed by atoms with Crippen molar-refractivity contribution in [2.24, 2.45) is 9.98 Å². The summed E-state index contributed by atoms with van der Waals surface area (Å²) in [4.78, 5) is 7.48. The third-order valence-corrected chi connectivity index (χ3v) is 1.00. The number of nitrogens with zero attached hydrogens (tertiary/aromatic N) is 2. The molecule has 0 heterocycles. The predicted octanol–water partition coefficient (Wildman–Crippen LogP) is 2.03. The van der Waals surface area contributed by atoms with Gasteiger partial charge in [-0.2, -0.15) is 0 Å². The first kappa shape index (κ1) is 8.08. The highest BCUT2D eigenvalue weighted by Crippen LogP contribution is 1.99. The van der Waals surface area contributed by atoms with Gasteiger partial charge in [0.05, 0.1) is 0 Å². The molecule has 2 heteroatoms. The number of hydrogen-bond donors (Lipinski definition) is 0. The zero-order valence-electron chi connectivity index (χ0n) is 5.96. The van der Waals surface area contributed by atoms with E-state index in [1.165, 1.54) is 6.34 Å². The number of hydrogen-bond acceptors (Lipinski definition) is 1. The Morgan fingerprint density at radius 3 is 2.67 bits per heavy atom. The van der Waals surface area contributed by atoms with Crippen molar-refractivity contribution in [1.29, 1.82) is 0 Å². The van der Waals surface area contributed by atoms with Gasteiger partial charge < -0.3 is 0 Å². The van der Waals surface area contributed by atoms with Gasteiger partial charge in [0.25, 0.3) is 0 Å². The van der Waals surface area contributed by atoms with Crippen LogP contribution in [0.2, 0.25) is 0 Å². The fourth-order valence-electron chi connectivity index (χ4n) is 0.485. The van der Waals surface area contributed by atoms with E-state index in [0.717, 1.165) is 12.1 Å². The summed E-state index contributed by atoms with van der Waals surface area (Å²) in [6.45, 7) is 7.28. The molecule has 0 rings (SSSR count). The molecule has 0 unspecified atom stereocenters. The number of rotatable bonds is 3. The minimum atomic E-state index is 0.947. The van der Waals surface area contributed by atoms with Crippen molar-refractivity contribution in [2.45, 2.75) is 20.3 Å². The van der Waals surface area contributed by atoms with Crippen molar-refractivity contribution in [3.8, 4) is 0 Å². The Morgan fingerprint density at radius 1 is 1.67 bits per heavy atom. The van der Waals surface area contributed by atoms with Crippen LogP contribution in [0.5, 0.6) is 0 Å². The highest BCUT2D eigenvalue weighted by molar-refractivity contribution is 5.63. The van der Waals surface area contributed by atoms with Crippen molar-refractivity contribution < 1.29 is 0 Å². The predicted molar refractivity (Wildman–Crippen MR) is 42.1 cm³/mol. The van der Waals surface area contributed by atoms with Crippen molar-refractivity contribution >= 4 is 13.1 Å². The molecule has 0 N–H and O–H groups in total. The summed E-state index contributed by atoms with van der Waals surface area (Å²) in [6.07, 6.45) is 4.36. The summed E-state index contributed by atoms with van der Waals surface area (Å²) in [7, 11) is 0. The molecular weight excluding hydrogens is 112 g/mol. The summed E-state index contributed by atoms with van der Waals surface area (Å²) in [5, 5.41) is 0. The molecule has 9 heavy (non-hydrogen) atoms. The van der Waals surface area contributed by atoms with Crippen LogP contribution in [0.25, 0.3) is 0 Å². The minimum absolute atomic E-state index is 0.947. The van der Waals surface area contributed by atoms with Crippen molar-refractivity contribution in [3.05, 3.63) is 11.8 Å². The Labute approximate surface area is 56.0 Å². The molecule has 50 valence electrons. The molecule has 0 aliphatic rings. The van der Waals surface area contributed by atoms with E-state index in [4.69, 9.17) is 0 Å².